The second-order valence-electron chi connectivity index (χ2n) is 7.42. The first-order chi connectivity index (χ1) is 14.0. The summed E-state index contributed by atoms with van der Waals surface area (Å²) in [6.07, 6.45) is -10.4. The first-order valence-corrected chi connectivity index (χ1v) is 9.16. The number of Topliss-reactive ketones (excluding diaryl/α,β-unsaturated/α-hetero) is 1. The fourth-order valence-electron chi connectivity index (χ4n) is 3.93. The number of nitrogens with zero attached hydrogens (tertiary/aromatic N) is 3. The van der Waals surface area contributed by atoms with Crippen LogP contribution in [0.2, 0.25) is 0 Å². The normalized spacial score (nSPS) is 20.2. The van der Waals surface area contributed by atoms with Gasteiger partial charge in [0.1, 0.15) is 18.3 Å². The monoisotopic (exact) mass is 429 g/mol. The molecule has 1 aromatic heterocycles. The first kappa shape index (κ1) is 21.9. The van der Waals surface area contributed by atoms with E-state index in [-0.39, 0.29) is 18.7 Å². The van der Waals surface area contributed by atoms with Crippen LogP contribution in [0.3, 0.4) is 0 Å². The zero-order valence-electron chi connectivity index (χ0n) is 15.6. The van der Waals surface area contributed by atoms with Crippen LogP contribution in [0.5, 0.6) is 0 Å². The Balaban J connectivity index is 1.93. The number of anilines is 1. The summed E-state index contributed by atoms with van der Waals surface area (Å²) in [4.78, 5) is 17.3. The molecule has 0 amide bonds. The molecule has 160 valence electrons. The summed E-state index contributed by atoms with van der Waals surface area (Å²) in [5, 5.41) is 9.71. The van der Waals surface area contributed by atoms with Gasteiger partial charge in [0.25, 0.3) is 0 Å². The van der Waals surface area contributed by atoms with Gasteiger partial charge >= 0.3 is 12.4 Å². The maximum atomic E-state index is 13.5. The van der Waals surface area contributed by atoms with Crippen LogP contribution < -0.4 is 4.90 Å². The molecule has 30 heavy (non-hydrogen) atoms. The number of hydrogen-bond acceptors (Lipinski definition) is 4. The van der Waals surface area contributed by atoms with Crippen LogP contribution in [0.4, 0.5) is 32.0 Å². The van der Waals surface area contributed by atoms with Gasteiger partial charge in [0.15, 0.2) is 0 Å². The van der Waals surface area contributed by atoms with Crippen molar-refractivity contribution in [1.82, 2.24) is 4.98 Å². The Morgan fingerprint density at radius 2 is 1.90 bits per heavy atom. The van der Waals surface area contributed by atoms with Crippen molar-refractivity contribution in [3.8, 4) is 6.07 Å². The van der Waals surface area contributed by atoms with E-state index < -0.39 is 49.2 Å². The molecule has 0 spiro atoms. The summed E-state index contributed by atoms with van der Waals surface area (Å²) in [5.41, 5.74) is 0.992. The van der Waals surface area contributed by atoms with Crippen molar-refractivity contribution in [2.24, 2.45) is 11.8 Å². The Labute approximate surface area is 168 Å². The van der Waals surface area contributed by atoms with Gasteiger partial charge in [-0.2, -0.15) is 31.6 Å². The van der Waals surface area contributed by atoms with Gasteiger partial charge in [-0.05, 0) is 36.6 Å². The van der Waals surface area contributed by atoms with Crippen molar-refractivity contribution in [3.63, 3.8) is 0 Å². The number of fused-ring (bicyclic) bond motifs is 1. The number of alkyl halides is 6. The average Bonchev–Trinajstić information content (AvgIpc) is 2.64. The highest BCUT2D eigenvalue weighted by atomic mass is 19.4. The van der Waals surface area contributed by atoms with Crippen molar-refractivity contribution in [1.29, 1.82) is 5.26 Å². The predicted molar refractivity (Wildman–Crippen MR) is 96.6 cm³/mol. The third-order valence-electron chi connectivity index (χ3n) is 5.12. The number of ketones is 1. The smallest absolute Gasteiger partial charge is 0.370 e. The number of rotatable bonds is 4. The lowest BCUT2D eigenvalue weighted by atomic mass is 9.84. The van der Waals surface area contributed by atoms with Crippen molar-refractivity contribution in [2.75, 3.05) is 18.0 Å². The van der Waals surface area contributed by atoms with E-state index in [0.717, 1.165) is 0 Å². The van der Waals surface area contributed by atoms with Crippen LogP contribution in [0, 0.1) is 23.2 Å². The summed E-state index contributed by atoms with van der Waals surface area (Å²) >= 11 is 0. The Morgan fingerprint density at radius 3 is 2.53 bits per heavy atom. The summed E-state index contributed by atoms with van der Waals surface area (Å²) in [6, 6.07) is 8.15. The third kappa shape index (κ3) is 5.01. The van der Waals surface area contributed by atoms with E-state index >= 15 is 0 Å². The van der Waals surface area contributed by atoms with E-state index in [2.05, 4.69) is 4.98 Å². The van der Waals surface area contributed by atoms with Gasteiger partial charge < -0.3 is 4.90 Å². The molecule has 0 N–H and O–H groups in total. The van der Waals surface area contributed by atoms with Gasteiger partial charge in [0.2, 0.25) is 0 Å². The van der Waals surface area contributed by atoms with Crippen LogP contribution in [-0.4, -0.2) is 36.2 Å². The van der Waals surface area contributed by atoms with Gasteiger partial charge in [0, 0.05) is 36.8 Å². The number of carbonyl (C=O) groups excluding carboxylic acids is 1. The lowest BCUT2D eigenvalue weighted by Crippen LogP contribution is -2.46. The van der Waals surface area contributed by atoms with Gasteiger partial charge in [-0.25, -0.2) is 0 Å². The Kier molecular flexibility index (Phi) is 5.92. The lowest BCUT2D eigenvalue weighted by Gasteiger charge is -2.40. The molecule has 1 aliphatic heterocycles. The molecule has 0 saturated carbocycles. The molecule has 2 heterocycles. The first-order valence-electron chi connectivity index (χ1n) is 9.16. The Hall–Kier alpha value is -2.83. The molecular formula is C20H17F6N3O. The van der Waals surface area contributed by atoms with E-state index in [1.165, 1.54) is 23.2 Å². The fraction of sp³-hybridized carbons (Fsp3) is 0.450. The number of aromatic nitrogens is 1. The molecule has 2 atom stereocenters. The van der Waals surface area contributed by atoms with Crippen LogP contribution in [0.15, 0.2) is 30.5 Å². The quantitative estimate of drug-likeness (QED) is 0.641. The molecule has 0 radical (unpaired) electrons. The number of halogens is 6. The molecular weight excluding hydrogens is 412 g/mol. The molecule has 4 nitrogen and oxygen atoms in total. The van der Waals surface area contributed by atoms with E-state index in [0.29, 0.717) is 16.6 Å². The highest BCUT2D eigenvalue weighted by Gasteiger charge is 2.45. The van der Waals surface area contributed by atoms with Crippen molar-refractivity contribution in [2.45, 2.75) is 31.6 Å². The van der Waals surface area contributed by atoms with Gasteiger partial charge in [0.05, 0.1) is 17.0 Å². The standard InChI is InChI=1S/C20H17F6N3O/c21-19(22,23)8-15(30)7-12-6-14(20(24,25)26)11-29(10-12)17-4-3-13(9-27)18-16(17)2-1-5-28-18/h1-5,12,14H,6-8,10-11H2. The van der Waals surface area contributed by atoms with Crippen molar-refractivity contribution in [3.05, 3.63) is 36.0 Å². The molecule has 0 bridgehead atoms. The second kappa shape index (κ2) is 8.13. The minimum absolute atomic E-state index is 0.00602. The third-order valence-corrected chi connectivity index (χ3v) is 5.12. The van der Waals surface area contributed by atoms with Crippen LogP contribution >= 0.6 is 0 Å². The highest BCUT2D eigenvalue weighted by Crippen LogP contribution is 2.40. The van der Waals surface area contributed by atoms with E-state index in [1.54, 1.807) is 12.1 Å². The topological polar surface area (TPSA) is 57.0 Å². The van der Waals surface area contributed by atoms with Gasteiger partial charge in [-0.15, -0.1) is 0 Å². The van der Waals surface area contributed by atoms with E-state index in [4.69, 9.17) is 0 Å². The zero-order chi connectivity index (χ0) is 22.1. The minimum Gasteiger partial charge on any atom is -0.370 e. The van der Waals surface area contributed by atoms with Crippen LogP contribution in [0.1, 0.15) is 24.8 Å². The lowest BCUT2D eigenvalue weighted by molar-refractivity contribution is -0.180. The number of hydrogen-bond donors (Lipinski definition) is 0. The number of carbonyl (C=O) groups is 1. The van der Waals surface area contributed by atoms with E-state index in [1.807, 2.05) is 6.07 Å². The molecule has 1 aromatic carbocycles. The largest absolute Gasteiger partial charge is 0.395 e. The van der Waals surface area contributed by atoms with Crippen molar-refractivity contribution >= 4 is 22.4 Å². The summed E-state index contributed by atoms with van der Waals surface area (Å²) in [5.74, 6) is -3.78. The Bertz CT molecular complexity index is 979. The molecule has 1 saturated heterocycles. The SMILES string of the molecule is N#Cc1ccc(N2CC(CC(=O)CC(F)(F)F)CC(C(F)(F)F)C2)c2cccnc12. The number of benzene rings is 1. The number of pyridine rings is 1. The highest BCUT2D eigenvalue weighted by molar-refractivity contribution is 5.95. The maximum absolute atomic E-state index is 13.5. The zero-order valence-corrected chi connectivity index (χ0v) is 15.6. The summed E-state index contributed by atoms with van der Waals surface area (Å²) < 4.78 is 77.9. The Morgan fingerprint density at radius 1 is 1.17 bits per heavy atom. The summed E-state index contributed by atoms with van der Waals surface area (Å²) in [6.45, 7) is -0.380. The molecule has 0 aliphatic carbocycles. The average molecular weight is 429 g/mol. The predicted octanol–water partition coefficient (Wildman–Crippen LogP) is 5.02. The van der Waals surface area contributed by atoms with Crippen LogP contribution in [-0.2, 0) is 4.79 Å². The molecule has 10 heteroatoms. The van der Waals surface area contributed by atoms with Crippen LogP contribution in [0.25, 0.3) is 10.9 Å². The summed E-state index contributed by atoms with van der Waals surface area (Å²) in [7, 11) is 0. The molecule has 2 aromatic rings. The molecule has 1 aliphatic rings. The van der Waals surface area contributed by atoms with Gasteiger partial charge in [-0.3, -0.25) is 9.78 Å². The second-order valence-corrected chi connectivity index (χ2v) is 7.42. The minimum atomic E-state index is -4.69. The van der Waals surface area contributed by atoms with Crippen molar-refractivity contribution < 1.29 is 31.1 Å². The maximum Gasteiger partial charge on any atom is 0.395 e. The molecule has 2 unspecified atom stereocenters. The fourth-order valence-corrected chi connectivity index (χ4v) is 3.93. The van der Waals surface area contributed by atoms with Gasteiger partial charge in [-0.1, -0.05) is 0 Å². The molecule has 1 fully saturated rings. The number of piperidine rings is 1. The molecule has 3 rings (SSSR count). The number of nitriles is 1. The van der Waals surface area contributed by atoms with E-state index in [9.17, 15) is 36.4 Å².